The lowest BCUT2D eigenvalue weighted by Crippen LogP contribution is -2.22. The molecule has 0 fully saturated rings. The molecule has 0 saturated carbocycles. The summed E-state index contributed by atoms with van der Waals surface area (Å²) in [4.78, 5) is 25.3. The van der Waals surface area contributed by atoms with Crippen LogP contribution in [0.25, 0.3) is 5.70 Å². The first-order chi connectivity index (χ1) is 15.5. The Labute approximate surface area is 195 Å². The number of amidine groups is 1. The summed E-state index contributed by atoms with van der Waals surface area (Å²) in [5.41, 5.74) is 3.54. The molecule has 8 heteroatoms. The van der Waals surface area contributed by atoms with Gasteiger partial charge in [0.15, 0.2) is 5.82 Å². The summed E-state index contributed by atoms with van der Waals surface area (Å²) in [6.07, 6.45) is 8.58. The molecule has 0 radical (unpaired) electrons. The highest BCUT2D eigenvalue weighted by Gasteiger charge is 2.19. The first-order valence-electron chi connectivity index (χ1n) is 11.1. The van der Waals surface area contributed by atoms with E-state index in [0.717, 1.165) is 79.6 Å². The fourth-order valence-corrected chi connectivity index (χ4v) is 3.69. The van der Waals surface area contributed by atoms with Crippen molar-refractivity contribution in [2.45, 2.75) is 39.0 Å². The first-order valence-corrected chi connectivity index (χ1v) is 11.5. The van der Waals surface area contributed by atoms with Gasteiger partial charge in [-0.15, -0.1) is 0 Å². The number of H-pyrrole nitrogens is 1. The predicted octanol–water partition coefficient (Wildman–Crippen LogP) is 5.18. The molecule has 0 atom stereocenters. The van der Waals surface area contributed by atoms with Crippen molar-refractivity contribution in [3.63, 3.8) is 0 Å². The van der Waals surface area contributed by atoms with Crippen LogP contribution in [-0.2, 0) is 0 Å². The molecular formula is C24H32ClN7. The number of aromatic nitrogens is 3. The van der Waals surface area contributed by atoms with Crippen LogP contribution in [0.3, 0.4) is 0 Å². The maximum atomic E-state index is 6.19. The molecule has 1 aliphatic heterocycles. The van der Waals surface area contributed by atoms with Gasteiger partial charge in [-0.05, 0) is 49.2 Å². The number of hydrogen-bond acceptors (Lipinski definition) is 6. The third-order valence-electron chi connectivity index (χ3n) is 5.43. The number of aliphatic imine (C=N–C) groups is 2. The van der Waals surface area contributed by atoms with Crippen LogP contribution < -0.4 is 4.90 Å². The SMILES string of the molecule is C=CN(CCCC)c1nc(Cl)[nH]c1C(=C)N(C)CCCCC1=NCC(c2ccccn2)=N1. The number of rotatable bonds is 13. The lowest BCUT2D eigenvalue weighted by molar-refractivity contribution is 0.459. The van der Waals surface area contributed by atoms with Gasteiger partial charge >= 0.3 is 0 Å². The van der Waals surface area contributed by atoms with Crippen LogP contribution in [0, 0.1) is 0 Å². The molecule has 1 aliphatic rings. The molecule has 0 saturated heterocycles. The van der Waals surface area contributed by atoms with E-state index in [-0.39, 0.29) is 0 Å². The molecule has 170 valence electrons. The molecule has 3 rings (SSSR count). The van der Waals surface area contributed by atoms with Gasteiger partial charge < -0.3 is 14.8 Å². The minimum Gasteiger partial charge on any atom is -0.373 e. The van der Waals surface area contributed by atoms with E-state index in [1.54, 1.807) is 12.4 Å². The van der Waals surface area contributed by atoms with Gasteiger partial charge in [0, 0.05) is 32.8 Å². The van der Waals surface area contributed by atoms with E-state index >= 15 is 0 Å². The Morgan fingerprint density at radius 3 is 2.81 bits per heavy atom. The van der Waals surface area contributed by atoms with Crippen molar-refractivity contribution in [1.82, 2.24) is 19.9 Å². The number of halogens is 1. The smallest absolute Gasteiger partial charge is 0.202 e. The van der Waals surface area contributed by atoms with Gasteiger partial charge in [0.05, 0.1) is 23.6 Å². The maximum Gasteiger partial charge on any atom is 0.202 e. The highest BCUT2D eigenvalue weighted by Crippen LogP contribution is 2.28. The van der Waals surface area contributed by atoms with Crippen molar-refractivity contribution in [2.75, 3.05) is 31.6 Å². The molecule has 7 nitrogen and oxygen atoms in total. The van der Waals surface area contributed by atoms with Crippen molar-refractivity contribution in [2.24, 2.45) is 9.98 Å². The molecule has 32 heavy (non-hydrogen) atoms. The quantitative estimate of drug-likeness (QED) is 0.424. The monoisotopic (exact) mass is 453 g/mol. The second-order valence-corrected chi connectivity index (χ2v) is 8.15. The molecule has 0 amide bonds. The van der Waals surface area contributed by atoms with Crippen LogP contribution in [-0.4, -0.2) is 58.1 Å². The van der Waals surface area contributed by atoms with E-state index in [4.69, 9.17) is 11.6 Å². The van der Waals surface area contributed by atoms with Gasteiger partial charge in [0.1, 0.15) is 11.5 Å². The van der Waals surface area contributed by atoms with E-state index in [9.17, 15) is 0 Å². The summed E-state index contributed by atoms with van der Waals surface area (Å²) >= 11 is 6.19. The van der Waals surface area contributed by atoms with Crippen molar-refractivity contribution < 1.29 is 0 Å². The highest BCUT2D eigenvalue weighted by molar-refractivity contribution is 6.28. The average molecular weight is 454 g/mol. The number of nitrogens with zero attached hydrogens (tertiary/aromatic N) is 6. The Kier molecular flexibility index (Phi) is 8.62. The zero-order chi connectivity index (χ0) is 22.9. The Hall–Kier alpha value is -2.93. The van der Waals surface area contributed by atoms with Gasteiger partial charge in [0.25, 0.3) is 0 Å². The molecular weight excluding hydrogens is 422 g/mol. The minimum absolute atomic E-state index is 0.355. The van der Waals surface area contributed by atoms with Crippen LogP contribution in [0.2, 0.25) is 5.28 Å². The average Bonchev–Trinajstić information content (AvgIpc) is 3.44. The molecule has 2 aromatic heterocycles. The number of anilines is 1. The Balaban J connectivity index is 1.50. The van der Waals surface area contributed by atoms with Gasteiger partial charge in [-0.1, -0.05) is 32.6 Å². The molecule has 0 bridgehead atoms. The fourth-order valence-electron chi connectivity index (χ4n) is 3.51. The number of imidazole rings is 1. The summed E-state index contributed by atoms with van der Waals surface area (Å²) in [5.74, 6) is 1.68. The number of aromatic amines is 1. The number of unbranched alkanes of at least 4 members (excludes halogenated alkanes) is 2. The molecule has 0 unspecified atom stereocenters. The van der Waals surface area contributed by atoms with E-state index < -0.39 is 0 Å². The van der Waals surface area contributed by atoms with Gasteiger partial charge in [-0.25, -0.2) is 4.99 Å². The predicted molar refractivity (Wildman–Crippen MR) is 135 cm³/mol. The number of pyridine rings is 1. The fraction of sp³-hybridized carbons (Fsp3) is 0.417. The zero-order valence-electron chi connectivity index (χ0n) is 19.0. The second kappa shape index (κ2) is 11.6. The van der Waals surface area contributed by atoms with Crippen LogP contribution in [0.4, 0.5) is 5.82 Å². The Morgan fingerprint density at radius 1 is 1.25 bits per heavy atom. The highest BCUT2D eigenvalue weighted by atomic mass is 35.5. The number of nitrogens with one attached hydrogen (secondary N) is 1. The molecule has 0 aliphatic carbocycles. The standard InChI is InChI=1S/C24H32ClN7/c1-5-7-16-32(6-2)23-22(29-24(25)30-23)18(3)31(4)15-11-9-13-21-27-17-20(28-21)19-12-8-10-14-26-19/h6,8,10,12,14H,2-3,5,7,9,11,13,15-17H2,1,4H3,(H,29,30). The molecule has 0 aromatic carbocycles. The van der Waals surface area contributed by atoms with Crippen molar-refractivity contribution in [3.05, 3.63) is 60.4 Å². The van der Waals surface area contributed by atoms with Gasteiger partial charge in [-0.2, -0.15) is 4.98 Å². The largest absolute Gasteiger partial charge is 0.373 e. The van der Waals surface area contributed by atoms with E-state index in [1.165, 1.54) is 0 Å². The Bertz CT molecular complexity index is 977. The van der Waals surface area contributed by atoms with Gasteiger partial charge in [-0.3, -0.25) is 9.98 Å². The maximum absolute atomic E-state index is 6.19. The van der Waals surface area contributed by atoms with E-state index in [1.807, 2.05) is 30.1 Å². The van der Waals surface area contributed by atoms with E-state index in [2.05, 4.69) is 49.9 Å². The van der Waals surface area contributed by atoms with Crippen LogP contribution in [0.15, 0.2) is 53.7 Å². The summed E-state index contributed by atoms with van der Waals surface area (Å²) in [6, 6.07) is 5.86. The van der Waals surface area contributed by atoms with Crippen LogP contribution in [0.5, 0.6) is 0 Å². The van der Waals surface area contributed by atoms with Crippen molar-refractivity contribution >= 4 is 34.7 Å². The first kappa shape index (κ1) is 23.7. The zero-order valence-corrected chi connectivity index (χ0v) is 19.8. The lowest BCUT2D eigenvalue weighted by Gasteiger charge is -2.24. The second-order valence-electron chi connectivity index (χ2n) is 7.79. The molecule has 0 spiro atoms. The molecule has 1 N–H and O–H groups in total. The van der Waals surface area contributed by atoms with Crippen molar-refractivity contribution in [1.29, 1.82) is 0 Å². The van der Waals surface area contributed by atoms with Crippen LogP contribution in [0.1, 0.15) is 50.4 Å². The van der Waals surface area contributed by atoms with Crippen molar-refractivity contribution in [3.8, 4) is 0 Å². The summed E-state index contributed by atoms with van der Waals surface area (Å²) in [6.45, 7) is 12.7. The summed E-state index contributed by atoms with van der Waals surface area (Å²) < 4.78 is 0. The Morgan fingerprint density at radius 2 is 2.09 bits per heavy atom. The normalized spacial score (nSPS) is 13.0. The van der Waals surface area contributed by atoms with Gasteiger partial charge in [0.2, 0.25) is 5.28 Å². The van der Waals surface area contributed by atoms with E-state index in [0.29, 0.717) is 11.8 Å². The summed E-state index contributed by atoms with van der Waals surface area (Å²) in [5, 5.41) is 0.355. The summed E-state index contributed by atoms with van der Waals surface area (Å²) in [7, 11) is 2.04. The topological polar surface area (TPSA) is 72.8 Å². The minimum atomic E-state index is 0.355. The third-order valence-corrected chi connectivity index (χ3v) is 5.61. The number of hydrogen-bond donors (Lipinski definition) is 1. The molecule has 3 heterocycles. The lowest BCUT2D eigenvalue weighted by atomic mass is 10.2. The van der Waals surface area contributed by atoms with Crippen LogP contribution >= 0.6 is 11.6 Å². The molecule has 2 aromatic rings. The third kappa shape index (κ3) is 6.07.